The fraction of sp³-hybridized carbons (Fsp3) is 0.312. The predicted molar refractivity (Wildman–Crippen MR) is 167 cm³/mol. The number of nitrogens with one attached hydrogen (secondary N) is 3. The standard InChI is InChI=1S/C32H38N4O6S/c1-43-17-16-25(33)29(38)34-26(18-21-8-4-2-5-9-21)30(39)35-27(19-23-12-14-24(37)15-13-23)31(40)36-28(32(41)42)20-22-10-6-3-7-11-22/h2-15,25-28,37H,16-20,33H2,1H3,(H,34,38)(H,35,39)(H,36,40)(H,41,42). The number of thioether (sulfide) groups is 1. The summed E-state index contributed by atoms with van der Waals surface area (Å²) in [7, 11) is 0. The molecule has 3 aromatic carbocycles. The largest absolute Gasteiger partial charge is 0.508 e. The highest BCUT2D eigenvalue weighted by Gasteiger charge is 2.31. The monoisotopic (exact) mass is 606 g/mol. The minimum Gasteiger partial charge on any atom is -0.508 e. The van der Waals surface area contributed by atoms with Gasteiger partial charge in [0.15, 0.2) is 0 Å². The molecule has 43 heavy (non-hydrogen) atoms. The van der Waals surface area contributed by atoms with Gasteiger partial charge in [-0.15, -0.1) is 0 Å². The molecule has 0 fully saturated rings. The van der Waals surface area contributed by atoms with Crippen molar-refractivity contribution in [3.8, 4) is 5.75 Å². The maximum atomic E-state index is 13.7. The highest BCUT2D eigenvalue weighted by molar-refractivity contribution is 7.98. The van der Waals surface area contributed by atoms with Crippen molar-refractivity contribution in [2.24, 2.45) is 5.73 Å². The van der Waals surface area contributed by atoms with Crippen LogP contribution in [0.15, 0.2) is 84.9 Å². The molecule has 0 aliphatic rings. The number of amides is 3. The molecule has 0 saturated carbocycles. The van der Waals surface area contributed by atoms with Crippen molar-refractivity contribution in [1.82, 2.24) is 16.0 Å². The Kier molecular flexibility index (Phi) is 13.1. The van der Waals surface area contributed by atoms with Crippen molar-refractivity contribution < 1.29 is 29.4 Å². The number of carboxylic acids is 1. The Balaban J connectivity index is 1.84. The predicted octanol–water partition coefficient (Wildman–Crippen LogP) is 2.04. The van der Waals surface area contributed by atoms with Crippen LogP contribution in [0.4, 0.5) is 0 Å². The third-order valence-corrected chi connectivity index (χ3v) is 7.44. The van der Waals surface area contributed by atoms with Gasteiger partial charge in [-0.1, -0.05) is 72.8 Å². The van der Waals surface area contributed by atoms with Crippen LogP contribution in [0.1, 0.15) is 23.1 Å². The number of benzene rings is 3. The summed E-state index contributed by atoms with van der Waals surface area (Å²) < 4.78 is 0. The fourth-order valence-corrected chi connectivity index (χ4v) is 4.87. The summed E-state index contributed by atoms with van der Waals surface area (Å²) in [6.07, 6.45) is 2.53. The van der Waals surface area contributed by atoms with Gasteiger partial charge in [-0.2, -0.15) is 11.8 Å². The second kappa shape index (κ2) is 16.9. The summed E-state index contributed by atoms with van der Waals surface area (Å²) in [4.78, 5) is 52.2. The highest BCUT2D eigenvalue weighted by Crippen LogP contribution is 2.13. The average molecular weight is 607 g/mol. The SMILES string of the molecule is CSCCC(N)C(=O)NC(Cc1ccccc1)C(=O)NC(Cc1ccc(O)cc1)C(=O)NC(Cc1ccccc1)C(=O)O. The van der Waals surface area contributed by atoms with Crippen LogP contribution in [0, 0.1) is 0 Å². The Morgan fingerprint density at radius 2 is 1.09 bits per heavy atom. The Bertz CT molecular complexity index is 1340. The number of phenolic OH excluding ortho intramolecular Hbond substituents is 1. The van der Waals surface area contributed by atoms with Crippen LogP contribution in [0.3, 0.4) is 0 Å². The van der Waals surface area contributed by atoms with E-state index in [1.807, 2.05) is 36.6 Å². The van der Waals surface area contributed by atoms with E-state index in [9.17, 15) is 29.4 Å². The van der Waals surface area contributed by atoms with Crippen molar-refractivity contribution in [2.45, 2.75) is 49.9 Å². The summed E-state index contributed by atoms with van der Waals surface area (Å²) >= 11 is 1.55. The molecule has 0 spiro atoms. The van der Waals surface area contributed by atoms with Gasteiger partial charge >= 0.3 is 5.97 Å². The normalized spacial score (nSPS) is 13.6. The molecule has 10 nitrogen and oxygen atoms in total. The van der Waals surface area contributed by atoms with Crippen molar-refractivity contribution >= 4 is 35.5 Å². The summed E-state index contributed by atoms with van der Waals surface area (Å²) in [5.74, 6) is -2.33. The van der Waals surface area contributed by atoms with E-state index in [1.165, 1.54) is 12.1 Å². The molecule has 0 aliphatic heterocycles. The van der Waals surface area contributed by atoms with Gasteiger partial charge < -0.3 is 31.9 Å². The molecule has 3 aromatic rings. The lowest BCUT2D eigenvalue weighted by molar-refractivity contribution is -0.142. The van der Waals surface area contributed by atoms with E-state index >= 15 is 0 Å². The summed E-state index contributed by atoms with van der Waals surface area (Å²) in [6.45, 7) is 0. The van der Waals surface area contributed by atoms with E-state index in [4.69, 9.17) is 5.73 Å². The van der Waals surface area contributed by atoms with Crippen LogP contribution in [0.2, 0.25) is 0 Å². The third kappa shape index (κ3) is 11.1. The number of hydrogen-bond acceptors (Lipinski definition) is 7. The molecule has 11 heteroatoms. The molecule has 3 rings (SSSR count). The molecule has 0 heterocycles. The number of carbonyl (C=O) groups excluding carboxylic acids is 3. The molecular weight excluding hydrogens is 568 g/mol. The van der Waals surface area contributed by atoms with E-state index in [1.54, 1.807) is 54.2 Å². The number of aliphatic carboxylic acids is 1. The van der Waals surface area contributed by atoms with Gasteiger partial charge in [0.25, 0.3) is 0 Å². The molecule has 3 amide bonds. The number of rotatable bonds is 16. The Hall–Kier alpha value is -4.35. The maximum absolute atomic E-state index is 13.7. The summed E-state index contributed by atoms with van der Waals surface area (Å²) in [5, 5.41) is 27.6. The fourth-order valence-electron chi connectivity index (χ4n) is 4.39. The molecule has 0 aromatic heterocycles. The Labute approximate surface area is 255 Å². The Morgan fingerprint density at radius 1 is 0.674 bits per heavy atom. The van der Waals surface area contributed by atoms with Gasteiger partial charge in [0.1, 0.15) is 23.9 Å². The molecule has 4 atom stereocenters. The number of carboxylic acid groups (broad SMARTS) is 1. The maximum Gasteiger partial charge on any atom is 0.326 e. The van der Waals surface area contributed by atoms with Crippen LogP contribution in [-0.2, 0) is 38.4 Å². The Morgan fingerprint density at radius 3 is 1.56 bits per heavy atom. The zero-order valence-electron chi connectivity index (χ0n) is 23.9. The zero-order chi connectivity index (χ0) is 31.2. The summed E-state index contributed by atoms with van der Waals surface area (Å²) in [5.41, 5.74) is 8.19. The van der Waals surface area contributed by atoms with Crippen molar-refractivity contribution in [3.05, 3.63) is 102 Å². The zero-order valence-corrected chi connectivity index (χ0v) is 24.8. The first-order valence-electron chi connectivity index (χ1n) is 13.9. The van der Waals surface area contributed by atoms with Gasteiger partial charge in [0.05, 0.1) is 6.04 Å². The second-order valence-electron chi connectivity index (χ2n) is 10.2. The van der Waals surface area contributed by atoms with Crippen molar-refractivity contribution in [1.29, 1.82) is 0 Å². The number of aromatic hydroxyl groups is 1. The molecule has 0 saturated heterocycles. The van der Waals surface area contributed by atoms with Crippen LogP contribution in [0.5, 0.6) is 5.75 Å². The van der Waals surface area contributed by atoms with Crippen LogP contribution < -0.4 is 21.7 Å². The van der Waals surface area contributed by atoms with E-state index in [0.717, 1.165) is 11.1 Å². The van der Waals surface area contributed by atoms with Gasteiger partial charge in [0, 0.05) is 19.3 Å². The van der Waals surface area contributed by atoms with Gasteiger partial charge in [-0.25, -0.2) is 4.79 Å². The lowest BCUT2D eigenvalue weighted by Gasteiger charge is -2.25. The molecule has 7 N–H and O–H groups in total. The average Bonchev–Trinajstić information content (AvgIpc) is 3.00. The van der Waals surface area contributed by atoms with E-state index in [-0.39, 0.29) is 25.0 Å². The lowest BCUT2D eigenvalue weighted by Crippen LogP contribution is -2.58. The lowest BCUT2D eigenvalue weighted by atomic mass is 10.0. The van der Waals surface area contributed by atoms with Gasteiger partial charge in [-0.3, -0.25) is 14.4 Å². The van der Waals surface area contributed by atoms with Crippen LogP contribution in [0.25, 0.3) is 0 Å². The van der Waals surface area contributed by atoms with E-state index in [2.05, 4.69) is 16.0 Å². The number of nitrogens with two attached hydrogens (primary N) is 1. The molecular formula is C32H38N4O6S. The molecule has 4 unspecified atom stereocenters. The quantitative estimate of drug-likeness (QED) is 0.144. The van der Waals surface area contributed by atoms with Gasteiger partial charge in [0.2, 0.25) is 17.7 Å². The van der Waals surface area contributed by atoms with E-state index in [0.29, 0.717) is 17.7 Å². The van der Waals surface area contributed by atoms with Crippen LogP contribution >= 0.6 is 11.8 Å². The molecule has 0 radical (unpaired) electrons. The first kappa shape index (κ1) is 33.2. The number of hydrogen-bond donors (Lipinski definition) is 6. The summed E-state index contributed by atoms with van der Waals surface area (Å²) in [6, 6.07) is 19.8. The van der Waals surface area contributed by atoms with Crippen molar-refractivity contribution in [2.75, 3.05) is 12.0 Å². The van der Waals surface area contributed by atoms with Crippen molar-refractivity contribution in [3.63, 3.8) is 0 Å². The first-order valence-corrected chi connectivity index (χ1v) is 15.3. The molecule has 228 valence electrons. The second-order valence-corrected chi connectivity index (χ2v) is 11.1. The number of carbonyl (C=O) groups is 4. The minimum atomic E-state index is -1.25. The third-order valence-electron chi connectivity index (χ3n) is 6.79. The highest BCUT2D eigenvalue weighted by atomic mass is 32.2. The topological polar surface area (TPSA) is 171 Å². The van der Waals surface area contributed by atoms with Crippen LogP contribution in [-0.4, -0.2) is 70.1 Å². The van der Waals surface area contributed by atoms with E-state index < -0.39 is 47.9 Å². The molecule has 0 aliphatic carbocycles. The molecule has 0 bridgehead atoms. The smallest absolute Gasteiger partial charge is 0.326 e. The minimum absolute atomic E-state index is 0.00870. The van der Waals surface area contributed by atoms with Gasteiger partial charge in [-0.05, 0) is 47.3 Å². The number of phenols is 1. The first-order chi connectivity index (χ1) is 20.7.